The van der Waals surface area contributed by atoms with Crippen LogP contribution in [0.15, 0.2) is 18.2 Å². The molecule has 20 heavy (non-hydrogen) atoms. The highest BCUT2D eigenvalue weighted by molar-refractivity contribution is 5.75. The summed E-state index contributed by atoms with van der Waals surface area (Å²) in [5.41, 5.74) is 4.21. The number of nitrogens with zero attached hydrogens (tertiary/aromatic N) is 2. The summed E-state index contributed by atoms with van der Waals surface area (Å²) in [5.74, 6) is -0.619. The van der Waals surface area contributed by atoms with E-state index in [-0.39, 0.29) is 31.1 Å². The Kier molecular flexibility index (Phi) is 5.35. The molecule has 0 spiro atoms. The molecule has 0 aliphatic carbocycles. The molecule has 0 aliphatic heterocycles. The summed E-state index contributed by atoms with van der Waals surface area (Å²) in [6.07, 6.45) is 0. The van der Waals surface area contributed by atoms with E-state index >= 15 is 0 Å². The number of hydrogen-bond acceptors (Lipinski definition) is 7. The van der Waals surface area contributed by atoms with Gasteiger partial charge in [-0.1, -0.05) is 0 Å². The van der Waals surface area contributed by atoms with Crippen molar-refractivity contribution in [2.45, 2.75) is 0 Å². The third-order valence-electron chi connectivity index (χ3n) is 2.20. The molecule has 0 atom stereocenters. The smallest absolute Gasteiger partial charge is 0.299 e. The Labute approximate surface area is 112 Å². The molecule has 0 aromatic heterocycles. The number of nitrogens with one attached hydrogen (secondary N) is 1. The van der Waals surface area contributed by atoms with Gasteiger partial charge in [-0.15, -0.1) is 0 Å². The van der Waals surface area contributed by atoms with Crippen molar-refractivity contribution in [1.82, 2.24) is 0 Å². The second-order valence-corrected chi connectivity index (χ2v) is 3.66. The standard InChI is InChI=1S/C10H12N4O6/c11-10(15)6-20-4-3-12-8-2-1-7(13(16)17)5-9(8)14(18)19/h1-2,5,12H,3-4,6H2,(H2,11,15). The first-order valence-corrected chi connectivity index (χ1v) is 5.44. The predicted molar refractivity (Wildman–Crippen MR) is 68.3 cm³/mol. The number of hydrogen-bond donors (Lipinski definition) is 2. The Balaban J connectivity index is 2.67. The van der Waals surface area contributed by atoms with Gasteiger partial charge in [0.05, 0.1) is 22.5 Å². The molecule has 0 fully saturated rings. The largest absolute Gasteiger partial charge is 0.377 e. The molecular formula is C10H12N4O6. The van der Waals surface area contributed by atoms with Crippen LogP contribution < -0.4 is 11.1 Å². The predicted octanol–water partition coefficient (Wildman–Crippen LogP) is 0.417. The first-order valence-electron chi connectivity index (χ1n) is 5.44. The number of rotatable bonds is 8. The Bertz CT molecular complexity index is 532. The minimum atomic E-state index is -0.723. The monoisotopic (exact) mass is 284 g/mol. The third kappa shape index (κ3) is 4.49. The van der Waals surface area contributed by atoms with Crippen LogP contribution in [0.5, 0.6) is 0 Å². The second kappa shape index (κ2) is 6.99. The van der Waals surface area contributed by atoms with Crippen LogP contribution in [0.1, 0.15) is 0 Å². The van der Waals surface area contributed by atoms with Gasteiger partial charge in [0.25, 0.3) is 11.4 Å². The Hall–Kier alpha value is -2.75. The fourth-order valence-corrected chi connectivity index (χ4v) is 1.36. The molecule has 3 N–H and O–H groups in total. The van der Waals surface area contributed by atoms with Gasteiger partial charge in [-0.2, -0.15) is 0 Å². The summed E-state index contributed by atoms with van der Waals surface area (Å²) in [4.78, 5) is 30.3. The average Bonchev–Trinajstić information content (AvgIpc) is 2.37. The molecular weight excluding hydrogens is 272 g/mol. The van der Waals surface area contributed by atoms with E-state index in [0.717, 1.165) is 12.1 Å². The maximum atomic E-state index is 10.8. The summed E-state index contributed by atoms with van der Waals surface area (Å²) in [6, 6.07) is 3.26. The highest BCUT2D eigenvalue weighted by Crippen LogP contribution is 2.28. The van der Waals surface area contributed by atoms with Gasteiger partial charge in [-0.25, -0.2) is 0 Å². The molecule has 1 aromatic rings. The van der Waals surface area contributed by atoms with Crippen molar-refractivity contribution in [3.63, 3.8) is 0 Å². The van der Waals surface area contributed by atoms with Gasteiger partial charge in [-0.3, -0.25) is 25.0 Å². The number of anilines is 1. The van der Waals surface area contributed by atoms with Crippen LogP contribution in [0.3, 0.4) is 0 Å². The van der Waals surface area contributed by atoms with E-state index in [1.807, 2.05) is 0 Å². The molecule has 1 rings (SSSR count). The quantitative estimate of drug-likeness (QED) is 0.398. The summed E-state index contributed by atoms with van der Waals surface area (Å²) < 4.78 is 4.86. The molecule has 0 aliphatic rings. The first kappa shape index (κ1) is 15.3. The number of nitrogens with two attached hydrogens (primary N) is 1. The summed E-state index contributed by atoms with van der Waals surface area (Å²) in [5, 5.41) is 24.1. The van der Waals surface area contributed by atoms with Crippen molar-refractivity contribution in [1.29, 1.82) is 0 Å². The van der Waals surface area contributed by atoms with Crippen molar-refractivity contribution in [3.8, 4) is 0 Å². The number of non-ortho nitro benzene ring substituents is 1. The van der Waals surface area contributed by atoms with E-state index in [0.29, 0.717) is 0 Å². The molecule has 0 radical (unpaired) electrons. The van der Waals surface area contributed by atoms with Gasteiger partial charge in [0.2, 0.25) is 5.91 Å². The molecule has 0 saturated heterocycles. The maximum absolute atomic E-state index is 10.8. The number of amides is 1. The van der Waals surface area contributed by atoms with Crippen molar-refractivity contribution >= 4 is 23.0 Å². The van der Waals surface area contributed by atoms with Gasteiger partial charge in [-0.05, 0) is 6.07 Å². The summed E-state index contributed by atoms with van der Waals surface area (Å²) in [7, 11) is 0. The number of primary amides is 1. The SMILES string of the molecule is NC(=O)COCCNc1ccc([N+](=O)[O-])cc1[N+](=O)[O-]. The van der Waals surface area contributed by atoms with Gasteiger partial charge < -0.3 is 15.8 Å². The van der Waals surface area contributed by atoms with E-state index in [2.05, 4.69) is 5.32 Å². The third-order valence-corrected chi connectivity index (χ3v) is 2.20. The first-order chi connectivity index (χ1) is 9.41. The van der Waals surface area contributed by atoms with Crippen LogP contribution in [0, 0.1) is 20.2 Å². The summed E-state index contributed by atoms with van der Waals surface area (Å²) >= 11 is 0. The lowest BCUT2D eigenvalue weighted by molar-refractivity contribution is -0.393. The Morgan fingerprint density at radius 2 is 2.00 bits per heavy atom. The van der Waals surface area contributed by atoms with E-state index in [9.17, 15) is 25.0 Å². The molecule has 0 heterocycles. The van der Waals surface area contributed by atoms with Gasteiger partial charge in [0, 0.05) is 12.6 Å². The topological polar surface area (TPSA) is 151 Å². The molecule has 1 aromatic carbocycles. The molecule has 0 bridgehead atoms. The van der Waals surface area contributed by atoms with Gasteiger partial charge in [0.1, 0.15) is 12.3 Å². The zero-order chi connectivity index (χ0) is 15.1. The second-order valence-electron chi connectivity index (χ2n) is 3.66. The zero-order valence-corrected chi connectivity index (χ0v) is 10.3. The molecule has 10 heteroatoms. The van der Waals surface area contributed by atoms with Crippen molar-refractivity contribution in [3.05, 3.63) is 38.4 Å². The minimum Gasteiger partial charge on any atom is -0.377 e. The highest BCUT2D eigenvalue weighted by atomic mass is 16.6. The van der Waals surface area contributed by atoms with Crippen LogP contribution in [0.25, 0.3) is 0 Å². The molecule has 10 nitrogen and oxygen atoms in total. The van der Waals surface area contributed by atoms with Crippen LogP contribution in [0.2, 0.25) is 0 Å². The number of nitro benzene ring substituents is 2. The van der Waals surface area contributed by atoms with Gasteiger partial charge in [0.15, 0.2) is 0 Å². The fourth-order valence-electron chi connectivity index (χ4n) is 1.36. The van der Waals surface area contributed by atoms with Crippen LogP contribution in [0.4, 0.5) is 17.1 Å². The normalized spacial score (nSPS) is 10.0. The van der Waals surface area contributed by atoms with Crippen LogP contribution >= 0.6 is 0 Å². The van der Waals surface area contributed by atoms with Gasteiger partial charge >= 0.3 is 0 Å². The average molecular weight is 284 g/mol. The molecule has 1 amide bonds. The lowest BCUT2D eigenvalue weighted by Crippen LogP contribution is -2.20. The van der Waals surface area contributed by atoms with E-state index < -0.39 is 21.4 Å². The van der Waals surface area contributed by atoms with E-state index in [1.54, 1.807) is 0 Å². The molecule has 0 saturated carbocycles. The fraction of sp³-hybridized carbons (Fsp3) is 0.300. The zero-order valence-electron chi connectivity index (χ0n) is 10.3. The lowest BCUT2D eigenvalue weighted by atomic mass is 10.2. The van der Waals surface area contributed by atoms with E-state index in [4.69, 9.17) is 10.5 Å². The van der Waals surface area contributed by atoms with Crippen molar-refractivity contribution in [2.24, 2.45) is 5.73 Å². The van der Waals surface area contributed by atoms with E-state index in [1.165, 1.54) is 6.07 Å². The molecule has 0 unspecified atom stereocenters. The lowest BCUT2D eigenvalue weighted by Gasteiger charge is -2.07. The summed E-state index contributed by atoms with van der Waals surface area (Å²) in [6.45, 7) is 0.0487. The highest BCUT2D eigenvalue weighted by Gasteiger charge is 2.18. The number of carbonyl (C=O) groups excluding carboxylic acids is 1. The Morgan fingerprint density at radius 1 is 1.30 bits per heavy atom. The van der Waals surface area contributed by atoms with Crippen molar-refractivity contribution in [2.75, 3.05) is 25.1 Å². The molecule has 108 valence electrons. The number of ether oxygens (including phenoxy) is 1. The van der Waals surface area contributed by atoms with Crippen LogP contribution in [-0.2, 0) is 9.53 Å². The van der Waals surface area contributed by atoms with Crippen LogP contribution in [-0.4, -0.2) is 35.5 Å². The Morgan fingerprint density at radius 3 is 2.55 bits per heavy atom. The minimum absolute atomic E-state index is 0.108. The van der Waals surface area contributed by atoms with Crippen molar-refractivity contribution < 1.29 is 19.4 Å². The number of carbonyl (C=O) groups is 1. The number of nitro groups is 2. The number of benzene rings is 1. The maximum Gasteiger partial charge on any atom is 0.299 e.